The van der Waals surface area contributed by atoms with Crippen molar-refractivity contribution in [3.8, 4) is 0 Å². The second kappa shape index (κ2) is 5.54. The van der Waals surface area contributed by atoms with Gasteiger partial charge in [-0.3, -0.25) is 4.79 Å². The summed E-state index contributed by atoms with van der Waals surface area (Å²) in [7, 11) is 1.55. The zero-order valence-electron chi connectivity index (χ0n) is 10.4. The summed E-state index contributed by atoms with van der Waals surface area (Å²) in [5.41, 5.74) is -0.00862. The second-order valence-electron chi connectivity index (χ2n) is 3.97. The van der Waals surface area contributed by atoms with Crippen LogP contribution in [-0.4, -0.2) is 13.0 Å². The molecule has 0 aliphatic heterocycles. The third kappa shape index (κ3) is 3.11. The maximum Gasteiger partial charge on any atom is 0.416 e. The lowest BCUT2D eigenvalue weighted by Crippen LogP contribution is -2.15. The topological polar surface area (TPSA) is 41.1 Å². The first kappa shape index (κ1) is 14.4. The van der Waals surface area contributed by atoms with Crippen LogP contribution in [0.2, 0.25) is 0 Å². The molecule has 7 heteroatoms. The molecule has 1 aromatic heterocycles. The molecule has 2 aromatic rings. The number of carbonyl (C=O) groups is 1. The van der Waals surface area contributed by atoms with Gasteiger partial charge in [-0.05, 0) is 29.6 Å². The van der Waals surface area contributed by atoms with Crippen molar-refractivity contribution in [1.82, 2.24) is 0 Å². The number of halogens is 3. The quantitative estimate of drug-likeness (QED) is 0.897. The van der Waals surface area contributed by atoms with Crippen LogP contribution >= 0.6 is 11.3 Å². The number of rotatable bonds is 3. The lowest BCUT2D eigenvalue weighted by molar-refractivity contribution is -0.137. The minimum Gasteiger partial charge on any atom is -0.387 e. The van der Waals surface area contributed by atoms with E-state index in [-0.39, 0.29) is 5.56 Å². The highest BCUT2D eigenvalue weighted by Crippen LogP contribution is 2.32. The number of anilines is 2. The van der Waals surface area contributed by atoms with E-state index in [4.69, 9.17) is 0 Å². The summed E-state index contributed by atoms with van der Waals surface area (Å²) in [5, 5.41) is 8.73. The lowest BCUT2D eigenvalue weighted by Gasteiger charge is -2.13. The fourth-order valence-electron chi connectivity index (χ4n) is 1.66. The number of alkyl halides is 3. The Bertz CT molecular complexity index is 609. The van der Waals surface area contributed by atoms with Crippen molar-refractivity contribution in [3.63, 3.8) is 0 Å². The van der Waals surface area contributed by atoms with Gasteiger partial charge in [-0.1, -0.05) is 0 Å². The van der Waals surface area contributed by atoms with Crippen LogP contribution in [0.1, 0.15) is 15.9 Å². The Morgan fingerprint density at radius 1 is 1.25 bits per heavy atom. The Kier molecular flexibility index (Phi) is 3.99. The van der Waals surface area contributed by atoms with Gasteiger partial charge >= 0.3 is 6.18 Å². The molecular formula is C13H11F3N2OS. The van der Waals surface area contributed by atoms with Gasteiger partial charge in [0, 0.05) is 18.1 Å². The van der Waals surface area contributed by atoms with E-state index in [9.17, 15) is 18.0 Å². The molecule has 1 aromatic carbocycles. The van der Waals surface area contributed by atoms with Crippen LogP contribution in [0.5, 0.6) is 0 Å². The van der Waals surface area contributed by atoms with Gasteiger partial charge in [0.2, 0.25) is 0 Å². The minimum atomic E-state index is -4.48. The van der Waals surface area contributed by atoms with E-state index in [1.807, 2.05) is 0 Å². The molecule has 0 bridgehead atoms. The molecule has 2 rings (SSSR count). The number of benzene rings is 1. The first-order chi connectivity index (χ1) is 9.41. The van der Waals surface area contributed by atoms with Crippen LogP contribution in [0, 0.1) is 0 Å². The number of nitrogens with one attached hydrogen (secondary N) is 2. The molecule has 2 N–H and O–H groups in total. The van der Waals surface area contributed by atoms with Gasteiger partial charge in [-0.15, -0.1) is 0 Å². The summed E-state index contributed by atoms with van der Waals surface area (Å²) in [6.07, 6.45) is -4.48. The highest BCUT2D eigenvalue weighted by molar-refractivity contribution is 7.08. The summed E-state index contributed by atoms with van der Waals surface area (Å²) in [5.74, 6) is -0.584. The Balaban J connectivity index is 2.35. The molecule has 0 fully saturated rings. The van der Waals surface area contributed by atoms with Crippen molar-refractivity contribution in [2.45, 2.75) is 6.18 Å². The molecule has 0 radical (unpaired) electrons. The molecule has 20 heavy (non-hydrogen) atoms. The van der Waals surface area contributed by atoms with Gasteiger partial charge in [0.05, 0.1) is 16.8 Å². The Labute approximate surface area is 117 Å². The second-order valence-corrected chi connectivity index (χ2v) is 4.75. The minimum absolute atomic E-state index is 0.0477. The van der Waals surface area contributed by atoms with E-state index in [0.717, 1.165) is 12.1 Å². The van der Waals surface area contributed by atoms with Gasteiger partial charge in [0.25, 0.3) is 5.91 Å². The largest absolute Gasteiger partial charge is 0.416 e. The zero-order valence-corrected chi connectivity index (χ0v) is 11.2. The molecule has 0 unspecified atom stereocenters. The van der Waals surface area contributed by atoms with E-state index >= 15 is 0 Å². The van der Waals surface area contributed by atoms with Gasteiger partial charge in [0.15, 0.2) is 0 Å². The predicted octanol–water partition coefficient (Wildman–Crippen LogP) is 4.06. The Morgan fingerprint density at radius 3 is 2.55 bits per heavy atom. The third-order valence-corrected chi connectivity index (χ3v) is 3.32. The van der Waals surface area contributed by atoms with E-state index in [0.29, 0.717) is 11.4 Å². The summed E-state index contributed by atoms with van der Waals surface area (Å²) in [4.78, 5) is 12.1. The van der Waals surface area contributed by atoms with Crippen molar-refractivity contribution >= 4 is 28.6 Å². The van der Waals surface area contributed by atoms with Crippen molar-refractivity contribution in [3.05, 3.63) is 46.2 Å². The highest BCUT2D eigenvalue weighted by Gasteiger charge is 2.31. The van der Waals surface area contributed by atoms with E-state index in [1.165, 1.54) is 17.4 Å². The Hall–Kier alpha value is -2.02. The van der Waals surface area contributed by atoms with E-state index < -0.39 is 17.6 Å². The summed E-state index contributed by atoms with van der Waals surface area (Å²) in [6.45, 7) is 0. The van der Waals surface area contributed by atoms with Crippen LogP contribution in [0.4, 0.5) is 24.5 Å². The van der Waals surface area contributed by atoms with Gasteiger partial charge in [0.1, 0.15) is 0 Å². The fourth-order valence-corrected chi connectivity index (χ4v) is 2.25. The molecule has 0 atom stereocenters. The van der Waals surface area contributed by atoms with Crippen molar-refractivity contribution in [2.24, 2.45) is 0 Å². The average molecular weight is 300 g/mol. The van der Waals surface area contributed by atoms with Crippen molar-refractivity contribution < 1.29 is 18.0 Å². The number of hydrogen-bond acceptors (Lipinski definition) is 3. The highest BCUT2D eigenvalue weighted by atomic mass is 32.1. The number of hydrogen-bond donors (Lipinski definition) is 2. The van der Waals surface area contributed by atoms with Crippen molar-refractivity contribution in [1.29, 1.82) is 0 Å². The van der Waals surface area contributed by atoms with E-state index in [1.54, 1.807) is 23.9 Å². The monoisotopic (exact) mass is 300 g/mol. The Morgan fingerprint density at radius 2 is 2.00 bits per heavy atom. The maximum absolute atomic E-state index is 12.7. The predicted molar refractivity (Wildman–Crippen MR) is 73.3 cm³/mol. The van der Waals surface area contributed by atoms with Crippen LogP contribution in [0.25, 0.3) is 0 Å². The summed E-state index contributed by atoms with van der Waals surface area (Å²) >= 11 is 1.38. The van der Waals surface area contributed by atoms with Crippen LogP contribution in [0.3, 0.4) is 0 Å². The zero-order chi connectivity index (χ0) is 14.8. The molecular weight excluding hydrogens is 289 g/mol. The molecule has 0 aliphatic carbocycles. The molecule has 0 spiro atoms. The first-order valence-electron chi connectivity index (χ1n) is 5.64. The average Bonchev–Trinajstić information content (AvgIpc) is 2.89. The summed E-state index contributed by atoms with van der Waals surface area (Å²) < 4.78 is 38.1. The molecule has 0 saturated heterocycles. The van der Waals surface area contributed by atoms with Crippen LogP contribution in [0.15, 0.2) is 35.0 Å². The SMILES string of the molecule is CNc1ccc(C(F)(F)F)cc1C(=O)Nc1ccsc1. The smallest absolute Gasteiger partial charge is 0.387 e. The van der Waals surface area contributed by atoms with Gasteiger partial charge in [-0.25, -0.2) is 0 Å². The molecule has 1 heterocycles. The maximum atomic E-state index is 12.7. The number of amides is 1. The molecule has 0 aliphatic rings. The lowest BCUT2D eigenvalue weighted by atomic mass is 10.1. The normalized spacial score (nSPS) is 11.2. The van der Waals surface area contributed by atoms with Crippen LogP contribution < -0.4 is 10.6 Å². The van der Waals surface area contributed by atoms with Gasteiger partial charge in [-0.2, -0.15) is 24.5 Å². The van der Waals surface area contributed by atoms with Crippen LogP contribution in [-0.2, 0) is 6.18 Å². The molecule has 106 valence electrons. The first-order valence-corrected chi connectivity index (χ1v) is 6.58. The molecule has 3 nitrogen and oxygen atoms in total. The van der Waals surface area contributed by atoms with Crippen molar-refractivity contribution in [2.75, 3.05) is 17.7 Å². The van der Waals surface area contributed by atoms with Gasteiger partial charge < -0.3 is 10.6 Å². The fraction of sp³-hybridized carbons (Fsp3) is 0.154. The summed E-state index contributed by atoms with van der Waals surface area (Å²) in [6, 6.07) is 4.70. The third-order valence-electron chi connectivity index (χ3n) is 2.64. The number of thiophene rings is 1. The standard InChI is InChI=1S/C13H11F3N2OS/c1-17-11-3-2-8(13(14,15)16)6-10(11)12(19)18-9-4-5-20-7-9/h2-7,17H,1H3,(H,18,19). The molecule has 1 amide bonds. The van der Waals surface area contributed by atoms with E-state index in [2.05, 4.69) is 10.6 Å². The number of carbonyl (C=O) groups excluding carboxylic acids is 1. The molecule has 0 saturated carbocycles.